The molecule has 0 bridgehead atoms. The Bertz CT molecular complexity index is 480. The van der Waals surface area contributed by atoms with Gasteiger partial charge in [-0.15, -0.1) is 22.7 Å². The van der Waals surface area contributed by atoms with E-state index in [4.69, 9.17) is 4.74 Å². The highest BCUT2D eigenvalue weighted by molar-refractivity contribution is 7.14. The first kappa shape index (κ1) is 15.6. The summed E-state index contributed by atoms with van der Waals surface area (Å²) in [5.74, 6) is 0. The van der Waals surface area contributed by atoms with Crippen molar-refractivity contribution < 1.29 is 4.74 Å². The highest BCUT2D eigenvalue weighted by Gasteiger charge is 2.04. The molecule has 0 unspecified atom stereocenters. The third kappa shape index (κ3) is 5.32. The highest BCUT2D eigenvalue weighted by atomic mass is 32.1. The molecule has 2 rings (SSSR count). The topological polar surface area (TPSA) is 34.1 Å². The Morgan fingerprint density at radius 3 is 2.95 bits per heavy atom. The number of ether oxygens (including phenoxy) is 1. The normalized spacial score (nSPS) is 11.3. The number of thiophene rings is 1. The maximum atomic E-state index is 5.50. The fourth-order valence-corrected chi connectivity index (χ4v) is 3.36. The molecule has 0 aliphatic rings. The van der Waals surface area contributed by atoms with Crippen molar-refractivity contribution in [3.8, 4) is 10.6 Å². The lowest BCUT2D eigenvalue weighted by Crippen LogP contribution is -2.20. The van der Waals surface area contributed by atoms with Crippen molar-refractivity contribution in [2.24, 2.45) is 0 Å². The molecule has 0 aliphatic heterocycles. The van der Waals surface area contributed by atoms with E-state index in [1.54, 1.807) is 22.7 Å². The van der Waals surface area contributed by atoms with Crippen LogP contribution in [-0.4, -0.2) is 30.8 Å². The van der Waals surface area contributed by atoms with E-state index in [-0.39, 0.29) is 0 Å². The van der Waals surface area contributed by atoms with E-state index in [0.717, 1.165) is 38.2 Å². The maximum Gasteiger partial charge on any atom is 0.0945 e. The predicted octanol–water partition coefficient (Wildman–Crippen LogP) is 3.82. The third-order valence-electron chi connectivity index (χ3n) is 2.79. The first-order valence-electron chi connectivity index (χ1n) is 7.06. The zero-order valence-electron chi connectivity index (χ0n) is 12.1. The van der Waals surface area contributed by atoms with E-state index in [1.165, 1.54) is 9.88 Å². The number of rotatable bonds is 9. The van der Waals surface area contributed by atoms with Crippen molar-refractivity contribution in [2.75, 3.05) is 19.7 Å². The lowest BCUT2D eigenvalue weighted by atomic mass is 10.3. The number of thiazole rings is 1. The highest BCUT2D eigenvalue weighted by Crippen LogP contribution is 2.26. The maximum absolute atomic E-state index is 5.50. The summed E-state index contributed by atoms with van der Waals surface area (Å²) in [5, 5.41) is 8.89. The van der Waals surface area contributed by atoms with E-state index in [0.29, 0.717) is 6.10 Å². The first-order chi connectivity index (χ1) is 9.75. The standard InChI is InChI=1S/C15H22N2OS2/c1-12(2)18-9-4-7-16-8-6-15-17-13(11-20-15)14-5-3-10-19-14/h3,5,10-12,16H,4,6-9H2,1-2H3. The van der Waals surface area contributed by atoms with Crippen LogP contribution in [-0.2, 0) is 11.2 Å². The van der Waals surface area contributed by atoms with Gasteiger partial charge in [-0.1, -0.05) is 6.07 Å². The van der Waals surface area contributed by atoms with Gasteiger partial charge in [0, 0.05) is 25.0 Å². The van der Waals surface area contributed by atoms with Crippen LogP contribution in [0.3, 0.4) is 0 Å². The Morgan fingerprint density at radius 2 is 2.20 bits per heavy atom. The average molecular weight is 310 g/mol. The summed E-state index contributed by atoms with van der Waals surface area (Å²) in [5.41, 5.74) is 1.12. The van der Waals surface area contributed by atoms with Crippen LogP contribution >= 0.6 is 22.7 Å². The molecule has 5 heteroatoms. The summed E-state index contributed by atoms with van der Waals surface area (Å²) in [7, 11) is 0. The molecule has 0 saturated heterocycles. The molecule has 0 aliphatic carbocycles. The number of nitrogens with zero attached hydrogens (tertiary/aromatic N) is 1. The van der Waals surface area contributed by atoms with Gasteiger partial charge < -0.3 is 10.1 Å². The van der Waals surface area contributed by atoms with Gasteiger partial charge in [0.25, 0.3) is 0 Å². The zero-order valence-corrected chi connectivity index (χ0v) is 13.7. The SMILES string of the molecule is CC(C)OCCCNCCc1nc(-c2cccs2)cs1. The molecule has 0 spiro atoms. The molecule has 20 heavy (non-hydrogen) atoms. The second-order valence-corrected chi connectivity index (χ2v) is 6.77. The molecule has 0 radical (unpaired) electrons. The van der Waals surface area contributed by atoms with Crippen LogP contribution in [0.4, 0.5) is 0 Å². The molecule has 2 aromatic heterocycles. The fourth-order valence-electron chi connectivity index (χ4n) is 1.80. The summed E-state index contributed by atoms with van der Waals surface area (Å²) in [6.07, 6.45) is 2.40. The van der Waals surface area contributed by atoms with Crippen molar-refractivity contribution in [1.29, 1.82) is 0 Å². The van der Waals surface area contributed by atoms with Crippen LogP contribution < -0.4 is 5.32 Å². The molecule has 2 aromatic rings. The smallest absolute Gasteiger partial charge is 0.0945 e. The summed E-state index contributed by atoms with van der Waals surface area (Å²) in [6.45, 7) is 6.97. The molecular weight excluding hydrogens is 288 g/mol. The molecule has 110 valence electrons. The molecule has 0 fully saturated rings. The van der Waals surface area contributed by atoms with E-state index >= 15 is 0 Å². The fraction of sp³-hybridized carbons (Fsp3) is 0.533. The van der Waals surface area contributed by atoms with Crippen LogP contribution in [0.25, 0.3) is 10.6 Å². The summed E-state index contributed by atoms with van der Waals surface area (Å²) >= 11 is 3.49. The Balaban J connectivity index is 1.60. The summed E-state index contributed by atoms with van der Waals surface area (Å²) in [4.78, 5) is 5.93. The summed E-state index contributed by atoms with van der Waals surface area (Å²) < 4.78 is 5.50. The van der Waals surface area contributed by atoms with E-state index in [9.17, 15) is 0 Å². The van der Waals surface area contributed by atoms with Crippen LogP contribution in [0.15, 0.2) is 22.9 Å². The van der Waals surface area contributed by atoms with Crippen LogP contribution in [0, 0.1) is 0 Å². The Kier molecular flexibility index (Phi) is 6.66. The largest absolute Gasteiger partial charge is 0.379 e. The van der Waals surface area contributed by atoms with E-state index in [1.807, 2.05) is 0 Å². The van der Waals surface area contributed by atoms with Gasteiger partial charge >= 0.3 is 0 Å². The molecule has 3 nitrogen and oxygen atoms in total. The van der Waals surface area contributed by atoms with Gasteiger partial charge in [0.05, 0.1) is 21.7 Å². The second-order valence-electron chi connectivity index (χ2n) is 4.88. The number of hydrogen-bond donors (Lipinski definition) is 1. The minimum atomic E-state index is 0.334. The van der Waals surface area contributed by atoms with Crippen molar-refractivity contribution in [2.45, 2.75) is 32.8 Å². The van der Waals surface area contributed by atoms with E-state index < -0.39 is 0 Å². The lowest BCUT2D eigenvalue weighted by Gasteiger charge is -2.07. The zero-order chi connectivity index (χ0) is 14.2. The van der Waals surface area contributed by atoms with Crippen LogP contribution in [0.2, 0.25) is 0 Å². The van der Waals surface area contributed by atoms with Gasteiger partial charge in [0.2, 0.25) is 0 Å². The molecule has 0 amide bonds. The molecular formula is C15H22N2OS2. The molecule has 2 heterocycles. The first-order valence-corrected chi connectivity index (χ1v) is 8.82. The lowest BCUT2D eigenvalue weighted by molar-refractivity contribution is 0.0771. The average Bonchev–Trinajstić information content (AvgIpc) is 3.08. The van der Waals surface area contributed by atoms with Gasteiger partial charge in [-0.25, -0.2) is 4.98 Å². The Labute approximate surface area is 129 Å². The molecule has 0 atom stereocenters. The minimum absolute atomic E-state index is 0.334. The Hall–Kier alpha value is -0.750. The summed E-state index contributed by atoms with van der Waals surface area (Å²) in [6, 6.07) is 4.19. The van der Waals surface area contributed by atoms with Gasteiger partial charge in [0.1, 0.15) is 0 Å². The monoisotopic (exact) mass is 310 g/mol. The third-order valence-corrected chi connectivity index (χ3v) is 4.59. The van der Waals surface area contributed by atoms with E-state index in [2.05, 4.69) is 47.0 Å². The number of aromatic nitrogens is 1. The molecule has 0 saturated carbocycles. The number of nitrogens with one attached hydrogen (secondary N) is 1. The Morgan fingerprint density at radius 1 is 1.30 bits per heavy atom. The minimum Gasteiger partial charge on any atom is -0.379 e. The van der Waals surface area contributed by atoms with Gasteiger partial charge in [0.15, 0.2) is 0 Å². The predicted molar refractivity (Wildman–Crippen MR) is 87.7 cm³/mol. The molecule has 0 aromatic carbocycles. The van der Waals surface area contributed by atoms with Crippen LogP contribution in [0.5, 0.6) is 0 Å². The van der Waals surface area contributed by atoms with Crippen molar-refractivity contribution >= 4 is 22.7 Å². The van der Waals surface area contributed by atoms with Crippen molar-refractivity contribution in [3.05, 3.63) is 27.9 Å². The number of hydrogen-bond acceptors (Lipinski definition) is 5. The quantitative estimate of drug-likeness (QED) is 0.715. The second kappa shape index (κ2) is 8.52. The van der Waals surface area contributed by atoms with Crippen LogP contribution in [0.1, 0.15) is 25.3 Å². The van der Waals surface area contributed by atoms with Gasteiger partial charge in [-0.05, 0) is 38.3 Å². The van der Waals surface area contributed by atoms with Crippen molar-refractivity contribution in [3.63, 3.8) is 0 Å². The molecule has 1 N–H and O–H groups in total. The van der Waals surface area contributed by atoms with Gasteiger partial charge in [-0.2, -0.15) is 0 Å². The van der Waals surface area contributed by atoms with Crippen molar-refractivity contribution in [1.82, 2.24) is 10.3 Å². The van der Waals surface area contributed by atoms with Gasteiger partial charge in [-0.3, -0.25) is 0 Å².